The highest BCUT2D eigenvalue weighted by Gasteiger charge is 2.24. The molecule has 0 spiro atoms. The molecular formula is C18H39P. The van der Waals surface area contributed by atoms with Gasteiger partial charge in [-0.2, -0.15) is 0 Å². The molecule has 0 aromatic heterocycles. The molecule has 0 rings (SSSR count). The number of rotatable bonds is 9. The second-order valence-corrected chi connectivity index (χ2v) is 9.88. The smallest absolute Gasteiger partial charge is 0.0208 e. The molecule has 19 heavy (non-hydrogen) atoms. The highest BCUT2D eigenvalue weighted by Crippen LogP contribution is 2.38. The molecule has 4 atom stereocenters. The molecule has 116 valence electrons. The zero-order valence-corrected chi connectivity index (χ0v) is 15.8. The van der Waals surface area contributed by atoms with Crippen LogP contribution in [0.15, 0.2) is 0 Å². The molecule has 0 fully saturated rings. The molecule has 0 saturated heterocycles. The van der Waals surface area contributed by atoms with E-state index in [0.29, 0.717) is 5.41 Å². The minimum absolute atomic E-state index is 0.482. The third-order valence-electron chi connectivity index (χ3n) is 4.10. The summed E-state index contributed by atoms with van der Waals surface area (Å²) in [7, 11) is 1.18. The molecular weight excluding hydrogens is 247 g/mol. The van der Waals surface area contributed by atoms with Crippen molar-refractivity contribution in [3.05, 3.63) is 0 Å². The van der Waals surface area contributed by atoms with Gasteiger partial charge < -0.3 is 0 Å². The van der Waals surface area contributed by atoms with Gasteiger partial charge in [-0.1, -0.05) is 61.8 Å². The Hall–Kier alpha value is 0.430. The maximum Gasteiger partial charge on any atom is -0.0208 e. The lowest BCUT2D eigenvalue weighted by Crippen LogP contribution is -2.22. The molecule has 0 nitrogen and oxygen atoms in total. The molecule has 0 aromatic rings. The van der Waals surface area contributed by atoms with Crippen molar-refractivity contribution in [3.8, 4) is 0 Å². The van der Waals surface area contributed by atoms with Gasteiger partial charge in [-0.15, -0.1) is 8.58 Å². The zero-order chi connectivity index (χ0) is 15.1. The van der Waals surface area contributed by atoms with E-state index in [4.69, 9.17) is 0 Å². The summed E-state index contributed by atoms with van der Waals surface area (Å²) in [6.07, 6.45) is 7.03. The van der Waals surface area contributed by atoms with Gasteiger partial charge in [-0.25, -0.2) is 0 Å². The largest absolute Gasteiger partial charge is 0.119 e. The third kappa shape index (κ3) is 10.8. The van der Waals surface area contributed by atoms with Crippen molar-refractivity contribution in [2.75, 3.05) is 6.16 Å². The van der Waals surface area contributed by atoms with Gasteiger partial charge in [0.05, 0.1) is 0 Å². The number of hydrogen-bond acceptors (Lipinski definition) is 0. The second kappa shape index (κ2) is 9.38. The highest BCUT2D eigenvalue weighted by atomic mass is 31.1. The maximum absolute atomic E-state index is 2.50. The van der Waals surface area contributed by atoms with Crippen molar-refractivity contribution >= 4 is 8.58 Å². The predicted molar refractivity (Wildman–Crippen MR) is 93.7 cm³/mol. The lowest BCUT2D eigenvalue weighted by molar-refractivity contribution is 0.287. The van der Waals surface area contributed by atoms with Crippen molar-refractivity contribution < 1.29 is 0 Å². The quantitative estimate of drug-likeness (QED) is 0.419. The van der Waals surface area contributed by atoms with Crippen LogP contribution in [0.3, 0.4) is 0 Å². The Labute approximate surface area is 125 Å². The summed E-state index contributed by atoms with van der Waals surface area (Å²) in [4.78, 5) is 0. The summed E-state index contributed by atoms with van der Waals surface area (Å²) in [5.74, 6) is 2.66. The number of hydrogen-bond donors (Lipinski definition) is 0. The molecule has 0 N–H and O–H groups in total. The Bertz CT molecular complexity index is 214. The van der Waals surface area contributed by atoms with Crippen molar-refractivity contribution in [1.82, 2.24) is 0 Å². The van der Waals surface area contributed by atoms with Gasteiger partial charge in [0.1, 0.15) is 0 Å². The lowest BCUT2D eigenvalue weighted by Gasteiger charge is -2.31. The van der Waals surface area contributed by atoms with Gasteiger partial charge >= 0.3 is 0 Å². The molecule has 0 aliphatic rings. The van der Waals surface area contributed by atoms with Crippen LogP contribution in [0.4, 0.5) is 0 Å². The van der Waals surface area contributed by atoms with E-state index in [1.807, 2.05) is 0 Å². The first-order valence-electron chi connectivity index (χ1n) is 8.39. The molecule has 0 aliphatic carbocycles. The van der Waals surface area contributed by atoms with Gasteiger partial charge in [0, 0.05) is 0 Å². The van der Waals surface area contributed by atoms with Crippen molar-refractivity contribution in [3.63, 3.8) is 0 Å². The Kier molecular flexibility index (Phi) is 9.59. The Balaban J connectivity index is 4.38. The summed E-state index contributed by atoms with van der Waals surface area (Å²) in [6.45, 7) is 19.2. The fourth-order valence-electron chi connectivity index (χ4n) is 2.78. The highest BCUT2D eigenvalue weighted by molar-refractivity contribution is 7.38. The molecule has 0 radical (unpaired) electrons. The first-order chi connectivity index (χ1) is 8.65. The van der Waals surface area contributed by atoms with Gasteiger partial charge in [-0.05, 0) is 54.3 Å². The summed E-state index contributed by atoms with van der Waals surface area (Å²) in [5.41, 5.74) is 1.45. The van der Waals surface area contributed by atoms with Crippen LogP contribution < -0.4 is 0 Å². The van der Waals surface area contributed by atoms with Crippen molar-refractivity contribution in [1.29, 1.82) is 0 Å². The molecule has 0 heterocycles. The minimum atomic E-state index is 0.482. The Morgan fingerprint density at radius 3 is 2.00 bits per heavy atom. The van der Waals surface area contributed by atoms with Gasteiger partial charge in [-0.3, -0.25) is 0 Å². The fourth-order valence-corrected chi connectivity index (χ4v) is 4.99. The summed E-state index contributed by atoms with van der Waals surface area (Å²) in [6, 6.07) is 0. The SMILES string of the molecule is CCC(C)CC(PCCC(C)C)C(C)CC(C)(C)C. The van der Waals surface area contributed by atoms with E-state index in [-0.39, 0.29) is 0 Å². The summed E-state index contributed by atoms with van der Waals surface area (Å²) < 4.78 is 0. The fraction of sp³-hybridized carbons (Fsp3) is 1.00. The molecule has 4 unspecified atom stereocenters. The van der Waals surface area contributed by atoms with Crippen molar-refractivity contribution in [2.45, 2.75) is 86.7 Å². The van der Waals surface area contributed by atoms with Gasteiger partial charge in [0.25, 0.3) is 0 Å². The second-order valence-electron chi connectivity index (χ2n) is 8.23. The molecule has 0 bridgehead atoms. The lowest BCUT2D eigenvalue weighted by atomic mass is 9.82. The van der Waals surface area contributed by atoms with Crippen LogP contribution in [0, 0.1) is 23.2 Å². The van der Waals surface area contributed by atoms with E-state index >= 15 is 0 Å². The van der Waals surface area contributed by atoms with Crippen LogP contribution in [-0.4, -0.2) is 11.8 Å². The normalized spacial score (nSPS) is 18.2. The third-order valence-corrected chi connectivity index (χ3v) is 6.01. The first-order valence-corrected chi connectivity index (χ1v) is 9.67. The standard InChI is InChI=1S/C18H39P/c1-9-15(4)12-17(19-11-10-14(2)3)16(5)13-18(6,7)8/h14-17,19H,9-13H2,1-8H3. The molecule has 0 aliphatic heterocycles. The van der Waals surface area contributed by atoms with Crippen LogP contribution in [0.25, 0.3) is 0 Å². The van der Waals surface area contributed by atoms with E-state index < -0.39 is 0 Å². The van der Waals surface area contributed by atoms with E-state index in [2.05, 4.69) is 55.4 Å². The zero-order valence-electron chi connectivity index (χ0n) is 14.8. The van der Waals surface area contributed by atoms with Crippen LogP contribution in [0.2, 0.25) is 0 Å². The van der Waals surface area contributed by atoms with Crippen LogP contribution in [-0.2, 0) is 0 Å². The molecule has 0 amide bonds. The minimum Gasteiger partial charge on any atom is -0.119 e. The van der Waals surface area contributed by atoms with Crippen LogP contribution >= 0.6 is 8.58 Å². The summed E-state index contributed by atoms with van der Waals surface area (Å²) in [5, 5.41) is 0. The average molecular weight is 286 g/mol. The van der Waals surface area contributed by atoms with Gasteiger partial charge in [0.2, 0.25) is 0 Å². The van der Waals surface area contributed by atoms with Crippen LogP contribution in [0.5, 0.6) is 0 Å². The van der Waals surface area contributed by atoms with Crippen molar-refractivity contribution in [2.24, 2.45) is 23.2 Å². The average Bonchev–Trinajstić information content (AvgIpc) is 2.24. The monoisotopic (exact) mass is 286 g/mol. The predicted octanol–water partition coefficient (Wildman–Crippen LogP) is 6.59. The van der Waals surface area contributed by atoms with E-state index in [1.54, 1.807) is 0 Å². The van der Waals surface area contributed by atoms with E-state index in [0.717, 1.165) is 23.4 Å². The molecule has 0 saturated carbocycles. The van der Waals surface area contributed by atoms with E-state index in [1.165, 1.54) is 40.4 Å². The molecule has 1 heteroatoms. The first kappa shape index (κ1) is 19.4. The van der Waals surface area contributed by atoms with Crippen LogP contribution in [0.1, 0.15) is 81.1 Å². The molecule has 0 aromatic carbocycles. The Morgan fingerprint density at radius 2 is 1.58 bits per heavy atom. The topological polar surface area (TPSA) is 0 Å². The summed E-state index contributed by atoms with van der Waals surface area (Å²) >= 11 is 0. The van der Waals surface area contributed by atoms with Gasteiger partial charge in [0.15, 0.2) is 0 Å². The van der Waals surface area contributed by atoms with E-state index in [9.17, 15) is 0 Å². The maximum atomic E-state index is 2.50. The Morgan fingerprint density at radius 1 is 1.00 bits per heavy atom.